The van der Waals surface area contributed by atoms with Crippen LogP contribution in [0.15, 0.2) is 28.9 Å². The molecule has 0 spiro atoms. The number of aromatic nitrogens is 3. The molecule has 0 amide bonds. The van der Waals surface area contributed by atoms with Gasteiger partial charge in [0, 0.05) is 12.7 Å². The van der Waals surface area contributed by atoms with Crippen LogP contribution in [-0.2, 0) is 0 Å². The van der Waals surface area contributed by atoms with Gasteiger partial charge in [0.25, 0.3) is 0 Å². The van der Waals surface area contributed by atoms with E-state index in [0.717, 1.165) is 37.5 Å². The molecule has 5 nitrogen and oxygen atoms in total. The molecule has 0 unspecified atom stereocenters. The van der Waals surface area contributed by atoms with Gasteiger partial charge in [-0.05, 0) is 31.5 Å². The summed E-state index contributed by atoms with van der Waals surface area (Å²) in [4.78, 5) is 8.63. The zero-order valence-corrected chi connectivity index (χ0v) is 11.9. The molecule has 2 aromatic heterocycles. The highest BCUT2D eigenvalue weighted by Gasteiger charge is 2.21. The van der Waals surface area contributed by atoms with Crippen LogP contribution in [0.4, 0.5) is 0 Å². The maximum absolute atomic E-state index is 5.32. The van der Waals surface area contributed by atoms with E-state index in [-0.39, 0.29) is 24.8 Å². The summed E-state index contributed by atoms with van der Waals surface area (Å²) in [5.74, 6) is 1.64. The molecule has 1 atom stereocenters. The molecule has 7 heteroatoms. The fourth-order valence-electron chi connectivity index (χ4n) is 2.06. The van der Waals surface area contributed by atoms with Gasteiger partial charge in [0.2, 0.25) is 11.7 Å². The number of hydrogen-bond donors (Lipinski definition) is 1. The Labute approximate surface area is 124 Å². The highest BCUT2D eigenvalue weighted by Crippen LogP contribution is 2.23. The Balaban J connectivity index is 0.000000902. The third-order valence-electron chi connectivity index (χ3n) is 2.98. The third-order valence-corrected chi connectivity index (χ3v) is 2.98. The van der Waals surface area contributed by atoms with E-state index in [1.54, 1.807) is 6.20 Å². The first-order valence-corrected chi connectivity index (χ1v) is 5.89. The lowest BCUT2D eigenvalue weighted by molar-refractivity contribution is 0.322. The summed E-state index contributed by atoms with van der Waals surface area (Å²) in [6.07, 6.45) is 4.00. The van der Waals surface area contributed by atoms with Crippen molar-refractivity contribution < 1.29 is 4.52 Å². The Bertz CT molecular complexity index is 485. The summed E-state index contributed by atoms with van der Waals surface area (Å²) in [6, 6.07) is 5.67. The molecule has 2 aromatic rings. The molecule has 19 heavy (non-hydrogen) atoms. The Morgan fingerprint density at radius 2 is 2.16 bits per heavy atom. The van der Waals surface area contributed by atoms with Crippen molar-refractivity contribution in [3.63, 3.8) is 0 Å². The van der Waals surface area contributed by atoms with Gasteiger partial charge in [-0.15, -0.1) is 24.8 Å². The van der Waals surface area contributed by atoms with Crippen LogP contribution in [0.3, 0.4) is 0 Å². The van der Waals surface area contributed by atoms with Gasteiger partial charge < -0.3 is 9.84 Å². The van der Waals surface area contributed by atoms with Crippen LogP contribution in [0.2, 0.25) is 0 Å². The van der Waals surface area contributed by atoms with E-state index in [1.807, 2.05) is 18.2 Å². The zero-order chi connectivity index (χ0) is 11.5. The van der Waals surface area contributed by atoms with Crippen molar-refractivity contribution in [1.82, 2.24) is 20.4 Å². The Kier molecular flexibility index (Phi) is 6.21. The predicted molar refractivity (Wildman–Crippen MR) is 76.9 cm³/mol. The van der Waals surface area contributed by atoms with Gasteiger partial charge in [0.05, 0.1) is 5.92 Å². The minimum Gasteiger partial charge on any atom is -0.339 e. The lowest BCUT2D eigenvalue weighted by Crippen LogP contribution is -2.28. The van der Waals surface area contributed by atoms with Crippen molar-refractivity contribution in [2.45, 2.75) is 18.8 Å². The molecular weight excluding hydrogens is 287 g/mol. The highest BCUT2D eigenvalue weighted by atomic mass is 35.5. The number of hydrogen-bond acceptors (Lipinski definition) is 5. The Morgan fingerprint density at radius 1 is 1.26 bits per heavy atom. The topological polar surface area (TPSA) is 63.8 Å². The Morgan fingerprint density at radius 3 is 2.84 bits per heavy atom. The van der Waals surface area contributed by atoms with E-state index in [2.05, 4.69) is 20.4 Å². The summed E-state index contributed by atoms with van der Waals surface area (Å²) >= 11 is 0. The number of pyridine rings is 1. The quantitative estimate of drug-likeness (QED) is 0.923. The maximum atomic E-state index is 5.32. The van der Waals surface area contributed by atoms with Crippen LogP contribution in [0.1, 0.15) is 24.7 Å². The summed E-state index contributed by atoms with van der Waals surface area (Å²) < 4.78 is 5.32. The van der Waals surface area contributed by atoms with Crippen molar-refractivity contribution in [3.05, 3.63) is 30.3 Å². The largest absolute Gasteiger partial charge is 0.339 e. The fourth-order valence-corrected chi connectivity index (χ4v) is 2.06. The van der Waals surface area contributed by atoms with Crippen LogP contribution >= 0.6 is 24.8 Å². The smallest absolute Gasteiger partial charge is 0.231 e. The normalized spacial score (nSPS) is 18.2. The van der Waals surface area contributed by atoms with E-state index in [9.17, 15) is 0 Å². The van der Waals surface area contributed by atoms with Gasteiger partial charge in [-0.3, -0.25) is 4.98 Å². The number of rotatable bonds is 2. The molecule has 0 saturated carbocycles. The molecule has 0 aromatic carbocycles. The van der Waals surface area contributed by atoms with Crippen molar-refractivity contribution in [2.24, 2.45) is 0 Å². The monoisotopic (exact) mass is 302 g/mol. The molecule has 3 heterocycles. The van der Waals surface area contributed by atoms with Crippen LogP contribution in [0.5, 0.6) is 0 Å². The predicted octanol–water partition coefficient (Wildman–Crippen LogP) is 2.44. The van der Waals surface area contributed by atoms with E-state index in [0.29, 0.717) is 11.7 Å². The summed E-state index contributed by atoms with van der Waals surface area (Å²) in [6.45, 7) is 2.00. The second kappa shape index (κ2) is 7.43. The van der Waals surface area contributed by atoms with E-state index in [1.165, 1.54) is 0 Å². The summed E-state index contributed by atoms with van der Waals surface area (Å²) in [5, 5.41) is 7.32. The van der Waals surface area contributed by atoms with Crippen LogP contribution in [0, 0.1) is 0 Å². The fraction of sp³-hybridized carbons (Fsp3) is 0.417. The van der Waals surface area contributed by atoms with E-state index in [4.69, 9.17) is 4.52 Å². The molecule has 0 aliphatic carbocycles. The number of halogens is 2. The van der Waals surface area contributed by atoms with Gasteiger partial charge in [-0.2, -0.15) is 4.98 Å². The molecule has 104 valence electrons. The SMILES string of the molecule is Cl.Cl.c1ccc(-c2noc([C@H]3CCCNC3)n2)nc1. The molecule has 1 saturated heterocycles. The molecule has 0 bridgehead atoms. The third kappa shape index (κ3) is 3.65. The first-order chi connectivity index (χ1) is 8.43. The number of nitrogens with zero attached hydrogens (tertiary/aromatic N) is 3. The number of nitrogens with one attached hydrogen (secondary N) is 1. The molecule has 1 fully saturated rings. The summed E-state index contributed by atoms with van der Waals surface area (Å²) in [5.41, 5.74) is 0.756. The van der Waals surface area contributed by atoms with Crippen LogP contribution in [-0.4, -0.2) is 28.2 Å². The lowest BCUT2D eigenvalue weighted by atomic mass is 10.00. The Hall–Kier alpha value is -1.17. The van der Waals surface area contributed by atoms with Crippen LogP contribution in [0.25, 0.3) is 11.5 Å². The molecule has 0 radical (unpaired) electrons. The molecule has 1 N–H and O–H groups in total. The minimum absolute atomic E-state index is 0. The minimum atomic E-state index is 0. The average molecular weight is 303 g/mol. The lowest BCUT2D eigenvalue weighted by Gasteiger charge is -2.18. The summed E-state index contributed by atoms with van der Waals surface area (Å²) in [7, 11) is 0. The second-order valence-corrected chi connectivity index (χ2v) is 4.21. The molecule has 3 rings (SSSR count). The van der Waals surface area contributed by atoms with Crippen molar-refractivity contribution in [1.29, 1.82) is 0 Å². The highest BCUT2D eigenvalue weighted by molar-refractivity contribution is 5.85. The van der Waals surface area contributed by atoms with Gasteiger partial charge in [0.1, 0.15) is 5.69 Å². The first kappa shape index (κ1) is 15.9. The van der Waals surface area contributed by atoms with Crippen LogP contribution < -0.4 is 5.32 Å². The molecule has 1 aliphatic heterocycles. The van der Waals surface area contributed by atoms with Gasteiger partial charge in [-0.1, -0.05) is 11.2 Å². The van der Waals surface area contributed by atoms with Crippen molar-refractivity contribution in [3.8, 4) is 11.5 Å². The maximum Gasteiger partial charge on any atom is 0.231 e. The molecule has 1 aliphatic rings. The first-order valence-electron chi connectivity index (χ1n) is 5.89. The second-order valence-electron chi connectivity index (χ2n) is 4.21. The molecular formula is C12H16Cl2N4O. The standard InChI is InChI=1S/C12H14N4O.2ClH/c1-2-7-14-10(5-1)11-15-12(17-16-11)9-4-3-6-13-8-9;;/h1-2,5,7,9,13H,3-4,6,8H2;2*1H/t9-;;/m0../s1. The van der Waals surface area contributed by atoms with Gasteiger partial charge in [0.15, 0.2) is 0 Å². The van der Waals surface area contributed by atoms with Gasteiger partial charge >= 0.3 is 0 Å². The van der Waals surface area contributed by atoms with Crippen molar-refractivity contribution >= 4 is 24.8 Å². The van der Waals surface area contributed by atoms with Gasteiger partial charge in [-0.25, -0.2) is 0 Å². The average Bonchev–Trinajstić information content (AvgIpc) is 2.90. The van der Waals surface area contributed by atoms with Crippen molar-refractivity contribution in [2.75, 3.05) is 13.1 Å². The van der Waals surface area contributed by atoms with E-state index < -0.39 is 0 Å². The number of piperidine rings is 1. The zero-order valence-electron chi connectivity index (χ0n) is 10.3. The van der Waals surface area contributed by atoms with E-state index >= 15 is 0 Å².